The van der Waals surface area contributed by atoms with Crippen molar-refractivity contribution in [2.24, 2.45) is 0 Å². The van der Waals surface area contributed by atoms with Crippen LogP contribution in [0.5, 0.6) is 0 Å². The highest BCUT2D eigenvalue weighted by Crippen LogP contribution is 2.37. The van der Waals surface area contributed by atoms with Crippen molar-refractivity contribution in [1.29, 1.82) is 0 Å². The molecule has 0 radical (unpaired) electrons. The molecule has 0 aliphatic carbocycles. The molecule has 2 aliphatic rings. The number of anilines is 1. The van der Waals surface area contributed by atoms with Crippen molar-refractivity contribution in [2.75, 3.05) is 5.73 Å². The van der Waals surface area contributed by atoms with Crippen LogP contribution in [0.15, 0.2) is 18.2 Å². The van der Waals surface area contributed by atoms with Crippen LogP contribution in [0.1, 0.15) is 31.2 Å². The maximum atomic E-state index is 9.80. The molecule has 1 aromatic carbocycles. The molecular formula is C14H19ClN2O. The minimum absolute atomic E-state index is 0.116. The summed E-state index contributed by atoms with van der Waals surface area (Å²) >= 11 is 6.23. The van der Waals surface area contributed by atoms with Crippen molar-refractivity contribution >= 4 is 17.3 Å². The van der Waals surface area contributed by atoms with Crippen LogP contribution in [0.3, 0.4) is 0 Å². The van der Waals surface area contributed by atoms with E-state index in [9.17, 15) is 5.11 Å². The number of aliphatic hydroxyl groups is 1. The van der Waals surface area contributed by atoms with Crippen LogP contribution >= 0.6 is 11.6 Å². The Morgan fingerprint density at radius 1 is 1.28 bits per heavy atom. The molecule has 2 fully saturated rings. The van der Waals surface area contributed by atoms with Gasteiger partial charge in [-0.3, -0.25) is 4.90 Å². The topological polar surface area (TPSA) is 49.5 Å². The van der Waals surface area contributed by atoms with E-state index >= 15 is 0 Å². The molecule has 0 aromatic heterocycles. The molecule has 0 amide bonds. The van der Waals surface area contributed by atoms with Gasteiger partial charge in [-0.1, -0.05) is 11.6 Å². The smallest absolute Gasteiger partial charge is 0.0570 e. The summed E-state index contributed by atoms with van der Waals surface area (Å²) in [7, 11) is 0. The molecule has 2 aliphatic heterocycles. The van der Waals surface area contributed by atoms with E-state index < -0.39 is 0 Å². The number of hydrogen-bond acceptors (Lipinski definition) is 3. The molecule has 1 aromatic rings. The average molecular weight is 267 g/mol. The van der Waals surface area contributed by atoms with E-state index in [0.717, 1.165) is 35.7 Å². The van der Waals surface area contributed by atoms with Crippen LogP contribution in [0.25, 0.3) is 0 Å². The Kier molecular flexibility index (Phi) is 3.22. The highest BCUT2D eigenvalue weighted by molar-refractivity contribution is 6.31. The largest absolute Gasteiger partial charge is 0.399 e. The van der Waals surface area contributed by atoms with Crippen LogP contribution in [0.4, 0.5) is 5.69 Å². The molecule has 4 heteroatoms. The fourth-order valence-electron chi connectivity index (χ4n) is 3.42. The number of aliphatic hydroxyl groups excluding tert-OH is 1. The van der Waals surface area contributed by atoms with Crippen LogP contribution in [-0.2, 0) is 6.54 Å². The van der Waals surface area contributed by atoms with Crippen molar-refractivity contribution in [3.8, 4) is 0 Å². The Labute approximate surface area is 113 Å². The zero-order valence-electron chi connectivity index (χ0n) is 10.3. The number of fused-ring (bicyclic) bond motifs is 2. The first-order valence-corrected chi connectivity index (χ1v) is 6.99. The van der Waals surface area contributed by atoms with Crippen molar-refractivity contribution in [3.05, 3.63) is 28.8 Å². The van der Waals surface area contributed by atoms with Gasteiger partial charge in [0.25, 0.3) is 0 Å². The molecule has 2 heterocycles. The first-order valence-electron chi connectivity index (χ1n) is 6.61. The molecule has 2 bridgehead atoms. The van der Waals surface area contributed by atoms with Crippen LogP contribution < -0.4 is 5.73 Å². The Morgan fingerprint density at radius 2 is 1.94 bits per heavy atom. The second kappa shape index (κ2) is 4.72. The number of benzene rings is 1. The van der Waals surface area contributed by atoms with Crippen molar-refractivity contribution < 1.29 is 5.11 Å². The van der Waals surface area contributed by atoms with Gasteiger partial charge in [-0.2, -0.15) is 0 Å². The fraction of sp³-hybridized carbons (Fsp3) is 0.571. The molecule has 18 heavy (non-hydrogen) atoms. The highest BCUT2D eigenvalue weighted by atomic mass is 35.5. The minimum atomic E-state index is -0.116. The number of hydrogen-bond donors (Lipinski definition) is 2. The van der Waals surface area contributed by atoms with E-state index in [0.29, 0.717) is 12.1 Å². The standard InChI is InChI=1S/C14H19ClN2O/c15-14-4-1-10(16)5-9(14)8-17-11-2-3-12(17)7-13(18)6-11/h1,4-5,11-13,18H,2-3,6-8,16H2. The summed E-state index contributed by atoms with van der Waals surface area (Å²) in [6.45, 7) is 0.853. The van der Waals surface area contributed by atoms with Gasteiger partial charge in [-0.25, -0.2) is 0 Å². The zero-order chi connectivity index (χ0) is 12.7. The molecule has 3 rings (SSSR count). The van der Waals surface area contributed by atoms with Gasteiger partial charge in [0.15, 0.2) is 0 Å². The van der Waals surface area contributed by atoms with Gasteiger partial charge in [0.05, 0.1) is 6.10 Å². The first kappa shape index (κ1) is 12.3. The normalized spacial score (nSPS) is 31.8. The van der Waals surface area contributed by atoms with E-state index in [-0.39, 0.29) is 6.10 Å². The Hall–Kier alpha value is -0.770. The van der Waals surface area contributed by atoms with E-state index in [1.54, 1.807) is 0 Å². The van der Waals surface area contributed by atoms with Gasteiger partial charge in [-0.05, 0) is 49.4 Å². The molecular weight excluding hydrogens is 248 g/mol. The summed E-state index contributed by atoms with van der Waals surface area (Å²) in [5, 5.41) is 10.6. The number of nitrogens with two attached hydrogens (primary N) is 1. The Balaban J connectivity index is 1.79. The number of nitrogens with zero attached hydrogens (tertiary/aromatic N) is 1. The molecule has 2 atom stereocenters. The molecule has 3 N–H and O–H groups in total. The molecule has 0 spiro atoms. The quantitative estimate of drug-likeness (QED) is 0.809. The molecule has 2 saturated heterocycles. The highest BCUT2D eigenvalue weighted by Gasteiger charge is 2.40. The van der Waals surface area contributed by atoms with Gasteiger partial charge < -0.3 is 10.8 Å². The summed E-state index contributed by atoms with van der Waals surface area (Å²) in [5.74, 6) is 0. The second-order valence-electron chi connectivity index (χ2n) is 5.53. The van der Waals surface area contributed by atoms with Crippen LogP contribution in [0, 0.1) is 0 Å². The lowest BCUT2D eigenvalue weighted by Gasteiger charge is -2.37. The Morgan fingerprint density at radius 3 is 2.61 bits per heavy atom. The summed E-state index contributed by atoms with van der Waals surface area (Å²) in [6.07, 6.45) is 4.07. The SMILES string of the molecule is Nc1ccc(Cl)c(CN2C3CCC2CC(O)C3)c1. The van der Waals surface area contributed by atoms with Gasteiger partial charge >= 0.3 is 0 Å². The maximum absolute atomic E-state index is 9.80. The van der Waals surface area contributed by atoms with Gasteiger partial charge in [0.1, 0.15) is 0 Å². The summed E-state index contributed by atoms with van der Waals surface area (Å²) in [5.41, 5.74) is 7.69. The fourth-order valence-corrected chi connectivity index (χ4v) is 3.59. The predicted octanol–water partition coefficient (Wildman–Crippen LogP) is 2.41. The Bertz CT molecular complexity index is 437. The number of nitrogen functional groups attached to an aromatic ring is 1. The zero-order valence-corrected chi connectivity index (χ0v) is 11.1. The third-order valence-electron chi connectivity index (χ3n) is 4.28. The lowest BCUT2D eigenvalue weighted by Crippen LogP contribution is -2.44. The summed E-state index contributed by atoms with van der Waals surface area (Å²) in [6, 6.07) is 6.69. The first-order chi connectivity index (χ1) is 8.63. The lowest BCUT2D eigenvalue weighted by molar-refractivity contribution is 0.0310. The van der Waals surface area contributed by atoms with E-state index in [1.165, 1.54) is 12.8 Å². The van der Waals surface area contributed by atoms with Gasteiger partial charge in [0.2, 0.25) is 0 Å². The monoisotopic (exact) mass is 266 g/mol. The second-order valence-corrected chi connectivity index (χ2v) is 5.94. The van der Waals surface area contributed by atoms with Crippen LogP contribution in [-0.4, -0.2) is 28.2 Å². The van der Waals surface area contributed by atoms with E-state index in [1.807, 2.05) is 18.2 Å². The number of rotatable bonds is 2. The van der Waals surface area contributed by atoms with E-state index in [2.05, 4.69) is 4.90 Å². The number of halogens is 1. The van der Waals surface area contributed by atoms with Gasteiger partial charge in [0, 0.05) is 29.3 Å². The lowest BCUT2D eigenvalue weighted by atomic mass is 9.99. The third-order valence-corrected chi connectivity index (χ3v) is 4.65. The van der Waals surface area contributed by atoms with Crippen LogP contribution in [0.2, 0.25) is 5.02 Å². The predicted molar refractivity (Wildman–Crippen MR) is 73.5 cm³/mol. The maximum Gasteiger partial charge on any atom is 0.0570 e. The molecule has 2 unspecified atom stereocenters. The average Bonchev–Trinajstić information content (AvgIpc) is 2.57. The summed E-state index contributed by atoms with van der Waals surface area (Å²) in [4.78, 5) is 2.49. The molecule has 3 nitrogen and oxygen atoms in total. The van der Waals surface area contributed by atoms with Crippen molar-refractivity contribution in [2.45, 2.75) is 50.4 Å². The van der Waals surface area contributed by atoms with Gasteiger partial charge in [-0.15, -0.1) is 0 Å². The molecule has 0 saturated carbocycles. The third kappa shape index (κ3) is 2.22. The van der Waals surface area contributed by atoms with Crippen molar-refractivity contribution in [3.63, 3.8) is 0 Å². The summed E-state index contributed by atoms with van der Waals surface area (Å²) < 4.78 is 0. The minimum Gasteiger partial charge on any atom is -0.399 e. The van der Waals surface area contributed by atoms with Crippen molar-refractivity contribution in [1.82, 2.24) is 4.90 Å². The molecule has 98 valence electrons. The number of piperidine rings is 1. The van der Waals surface area contributed by atoms with E-state index in [4.69, 9.17) is 17.3 Å².